The van der Waals surface area contributed by atoms with Crippen LogP contribution in [0.2, 0.25) is 0 Å². The molecule has 0 amide bonds. The van der Waals surface area contributed by atoms with Crippen molar-refractivity contribution in [1.82, 2.24) is 20.2 Å². The van der Waals surface area contributed by atoms with Gasteiger partial charge in [0.05, 0.1) is 12.2 Å². The minimum Gasteiger partial charge on any atom is -0.364 e. The summed E-state index contributed by atoms with van der Waals surface area (Å²) in [5.74, 6) is 0.844. The molecular formula is C10H13N5. The molecule has 0 saturated carbocycles. The monoisotopic (exact) mass is 203 g/mol. The smallest absolute Gasteiger partial charge is 0.129 e. The number of aryl methyl sites for hydroxylation is 1. The van der Waals surface area contributed by atoms with Gasteiger partial charge in [-0.05, 0) is 12.5 Å². The highest BCUT2D eigenvalue weighted by Gasteiger charge is 1.97. The van der Waals surface area contributed by atoms with Crippen molar-refractivity contribution < 1.29 is 0 Å². The SMILES string of the molecule is CCc1cc(NCc2ccn[nH]2)ncn1. The first-order valence-electron chi connectivity index (χ1n) is 4.91. The molecule has 2 aromatic heterocycles. The van der Waals surface area contributed by atoms with E-state index >= 15 is 0 Å². The Morgan fingerprint density at radius 1 is 1.40 bits per heavy atom. The summed E-state index contributed by atoms with van der Waals surface area (Å²) in [5.41, 5.74) is 2.07. The standard InChI is InChI=1S/C10H13N5/c1-2-8-5-10(13-7-12-8)11-6-9-3-4-14-15-9/h3-5,7H,2,6H2,1H3,(H,14,15)(H,11,12,13). The number of hydrogen-bond acceptors (Lipinski definition) is 4. The highest BCUT2D eigenvalue weighted by Crippen LogP contribution is 2.05. The predicted octanol–water partition coefficient (Wildman–Crippen LogP) is 1.37. The minimum atomic E-state index is 0.695. The summed E-state index contributed by atoms with van der Waals surface area (Å²) in [6.45, 7) is 2.77. The summed E-state index contributed by atoms with van der Waals surface area (Å²) in [6.07, 6.45) is 4.23. The zero-order valence-electron chi connectivity index (χ0n) is 8.57. The van der Waals surface area contributed by atoms with Crippen LogP contribution in [0.15, 0.2) is 24.7 Å². The third-order valence-corrected chi connectivity index (χ3v) is 2.10. The number of aromatic amines is 1. The van der Waals surface area contributed by atoms with Crippen molar-refractivity contribution in [2.24, 2.45) is 0 Å². The van der Waals surface area contributed by atoms with Gasteiger partial charge in [-0.25, -0.2) is 9.97 Å². The molecule has 0 bridgehead atoms. The van der Waals surface area contributed by atoms with E-state index in [-0.39, 0.29) is 0 Å². The lowest BCUT2D eigenvalue weighted by molar-refractivity contribution is 0.956. The molecule has 2 heterocycles. The molecule has 0 saturated heterocycles. The summed E-state index contributed by atoms with van der Waals surface area (Å²) in [5, 5.41) is 9.95. The van der Waals surface area contributed by atoms with Crippen LogP contribution in [0.1, 0.15) is 18.3 Å². The lowest BCUT2D eigenvalue weighted by Crippen LogP contribution is -2.03. The molecular weight excluding hydrogens is 190 g/mol. The fraction of sp³-hybridized carbons (Fsp3) is 0.300. The van der Waals surface area contributed by atoms with Crippen LogP contribution in [0.5, 0.6) is 0 Å². The van der Waals surface area contributed by atoms with E-state index in [9.17, 15) is 0 Å². The molecule has 0 aliphatic carbocycles. The van der Waals surface area contributed by atoms with Crippen LogP contribution >= 0.6 is 0 Å². The van der Waals surface area contributed by atoms with Crippen LogP contribution in [0.4, 0.5) is 5.82 Å². The number of anilines is 1. The van der Waals surface area contributed by atoms with E-state index in [1.54, 1.807) is 12.5 Å². The highest BCUT2D eigenvalue weighted by molar-refractivity contribution is 5.35. The second kappa shape index (κ2) is 4.54. The zero-order valence-corrected chi connectivity index (χ0v) is 8.57. The van der Waals surface area contributed by atoms with Crippen molar-refractivity contribution in [1.29, 1.82) is 0 Å². The average molecular weight is 203 g/mol. The molecule has 78 valence electrons. The van der Waals surface area contributed by atoms with Crippen molar-refractivity contribution in [3.05, 3.63) is 36.0 Å². The Bertz CT molecular complexity index is 410. The van der Waals surface area contributed by atoms with Crippen LogP contribution < -0.4 is 5.32 Å². The molecule has 2 N–H and O–H groups in total. The molecule has 2 rings (SSSR count). The molecule has 0 aliphatic heterocycles. The Labute approximate surface area is 88.0 Å². The molecule has 0 unspecified atom stereocenters. The van der Waals surface area contributed by atoms with Gasteiger partial charge < -0.3 is 5.32 Å². The molecule has 0 atom stereocenters. The van der Waals surface area contributed by atoms with E-state index in [2.05, 4.69) is 32.4 Å². The number of aromatic nitrogens is 4. The third kappa shape index (κ3) is 2.52. The van der Waals surface area contributed by atoms with Gasteiger partial charge in [-0.3, -0.25) is 5.10 Å². The number of rotatable bonds is 4. The lowest BCUT2D eigenvalue weighted by atomic mass is 10.3. The van der Waals surface area contributed by atoms with Gasteiger partial charge in [-0.1, -0.05) is 6.92 Å². The van der Waals surface area contributed by atoms with Gasteiger partial charge in [-0.2, -0.15) is 5.10 Å². The van der Waals surface area contributed by atoms with Crippen LogP contribution in [-0.2, 0) is 13.0 Å². The van der Waals surface area contributed by atoms with Crippen molar-refractivity contribution >= 4 is 5.82 Å². The number of H-pyrrole nitrogens is 1. The number of nitrogens with zero attached hydrogens (tertiary/aromatic N) is 3. The molecule has 2 aromatic rings. The Morgan fingerprint density at radius 3 is 3.07 bits per heavy atom. The van der Waals surface area contributed by atoms with Gasteiger partial charge in [0.25, 0.3) is 0 Å². The lowest BCUT2D eigenvalue weighted by Gasteiger charge is -2.04. The van der Waals surface area contributed by atoms with Crippen molar-refractivity contribution in [2.75, 3.05) is 5.32 Å². The van der Waals surface area contributed by atoms with Crippen molar-refractivity contribution in [3.8, 4) is 0 Å². The normalized spacial score (nSPS) is 10.2. The summed E-state index contributed by atoms with van der Waals surface area (Å²) in [6, 6.07) is 3.88. The first-order chi connectivity index (χ1) is 7.38. The predicted molar refractivity (Wildman–Crippen MR) is 57.3 cm³/mol. The first kappa shape index (κ1) is 9.64. The van der Waals surface area contributed by atoms with Crippen LogP contribution in [0, 0.1) is 0 Å². The second-order valence-electron chi connectivity index (χ2n) is 3.18. The topological polar surface area (TPSA) is 66.5 Å². The van der Waals surface area contributed by atoms with Gasteiger partial charge in [0.15, 0.2) is 0 Å². The third-order valence-electron chi connectivity index (χ3n) is 2.10. The second-order valence-corrected chi connectivity index (χ2v) is 3.18. The van der Waals surface area contributed by atoms with Gasteiger partial charge in [0.2, 0.25) is 0 Å². The minimum absolute atomic E-state index is 0.695. The summed E-state index contributed by atoms with van der Waals surface area (Å²) >= 11 is 0. The van der Waals surface area contributed by atoms with Gasteiger partial charge in [-0.15, -0.1) is 0 Å². The average Bonchev–Trinajstić information content (AvgIpc) is 2.79. The zero-order chi connectivity index (χ0) is 10.5. The van der Waals surface area contributed by atoms with Gasteiger partial charge in [0, 0.05) is 18.0 Å². The fourth-order valence-electron chi connectivity index (χ4n) is 1.26. The Morgan fingerprint density at radius 2 is 2.33 bits per heavy atom. The highest BCUT2D eigenvalue weighted by atomic mass is 15.1. The molecule has 0 aromatic carbocycles. The molecule has 0 aliphatic rings. The summed E-state index contributed by atoms with van der Waals surface area (Å²) in [4.78, 5) is 8.26. The maximum Gasteiger partial charge on any atom is 0.129 e. The molecule has 0 fully saturated rings. The molecule has 5 nitrogen and oxygen atoms in total. The number of nitrogens with one attached hydrogen (secondary N) is 2. The van der Waals surface area contributed by atoms with Gasteiger partial charge >= 0.3 is 0 Å². The summed E-state index contributed by atoms with van der Waals surface area (Å²) in [7, 11) is 0. The van der Waals surface area contributed by atoms with E-state index in [0.29, 0.717) is 6.54 Å². The van der Waals surface area contributed by atoms with E-state index in [0.717, 1.165) is 23.6 Å². The number of hydrogen-bond donors (Lipinski definition) is 2. The van der Waals surface area contributed by atoms with E-state index in [4.69, 9.17) is 0 Å². The Kier molecular flexibility index (Phi) is 2.92. The maximum absolute atomic E-state index is 4.13. The Balaban J connectivity index is 1.98. The first-order valence-corrected chi connectivity index (χ1v) is 4.91. The van der Waals surface area contributed by atoms with Crippen LogP contribution in [0.3, 0.4) is 0 Å². The van der Waals surface area contributed by atoms with E-state index in [1.165, 1.54) is 0 Å². The van der Waals surface area contributed by atoms with Crippen molar-refractivity contribution in [2.45, 2.75) is 19.9 Å². The molecule has 0 spiro atoms. The Hall–Kier alpha value is -1.91. The van der Waals surface area contributed by atoms with E-state index < -0.39 is 0 Å². The van der Waals surface area contributed by atoms with Crippen molar-refractivity contribution in [3.63, 3.8) is 0 Å². The molecule has 5 heteroatoms. The summed E-state index contributed by atoms with van der Waals surface area (Å²) < 4.78 is 0. The fourth-order valence-corrected chi connectivity index (χ4v) is 1.26. The quantitative estimate of drug-likeness (QED) is 0.787. The van der Waals surface area contributed by atoms with Gasteiger partial charge in [0.1, 0.15) is 12.1 Å². The maximum atomic E-state index is 4.13. The molecule has 0 radical (unpaired) electrons. The van der Waals surface area contributed by atoms with Crippen LogP contribution in [0.25, 0.3) is 0 Å². The van der Waals surface area contributed by atoms with E-state index in [1.807, 2.05) is 12.1 Å². The van der Waals surface area contributed by atoms with Crippen LogP contribution in [-0.4, -0.2) is 20.2 Å². The molecule has 15 heavy (non-hydrogen) atoms. The largest absolute Gasteiger partial charge is 0.364 e.